The largest absolute Gasteiger partial charge is 0.493 e. The number of carbonyl (C=O) groups excluding carboxylic acids is 1. The van der Waals surface area contributed by atoms with Crippen LogP contribution in [0.15, 0.2) is 22.7 Å². The molecule has 0 atom stereocenters. The molecule has 0 aliphatic carbocycles. The molecule has 0 saturated carbocycles. The van der Waals surface area contributed by atoms with E-state index >= 15 is 0 Å². The van der Waals surface area contributed by atoms with Gasteiger partial charge in [0.1, 0.15) is 5.75 Å². The van der Waals surface area contributed by atoms with Crippen LogP contribution in [0.2, 0.25) is 0 Å². The Morgan fingerprint density at radius 1 is 1.32 bits per heavy atom. The summed E-state index contributed by atoms with van der Waals surface area (Å²) in [5.41, 5.74) is 1.11. The van der Waals surface area contributed by atoms with E-state index in [9.17, 15) is 4.79 Å². The van der Waals surface area contributed by atoms with E-state index in [2.05, 4.69) is 20.8 Å². The van der Waals surface area contributed by atoms with E-state index in [1.807, 2.05) is 30.0 Å². The van der Waals surface area contributed by atoms with Gasteiger partial charge in [-0.25, -0.2) is 0 Å². The molecule has 1 amide bonds. The predicted molar refractivity (Wildman–Crippen MR) is 89.1 cm³/mol. The predicted octanol–water partition coefficient (Wildman–Crippen LogP) is 1.66. The van der Waals surface area contributed by atoms with Crippen molar-refractivity contribution < 1.29 is 14.6 Å². The lowest BCUT2D eigenvalue weighted by atomic mass is 10.2. The molecule has 5 nitrogen and oxygen atoms in total. The van der Waals surface area contributed by atoms with E-state index in [0.29, 0.717) is 19.6 Å². The lowest BCUT2D eigenvalue weighted by molar-refractivity contribution is -0.133. The van der Waals surface area contributed by atoms with Crippen molar-refractivity contribution in [3.63, 3.8) is 0 Å². The molecule has 1 aliphatic heterocycles. The number of rotatable bonds is 6. The van der Waals surface area contributed by atoms with Gasteiger partial charge < -0.3 is 14.7 Å². The Balaban J connectivity index is 1.71. The van der Waals surface area contributed by atoms with Crippen molar-refractivity contribution >= 4 is 21.8 Å². The summed E-state index contributed by atoms with van der Waals surface area (Å²) in [6.07, 6.45) is 0.398. The van der Waals surface area contributed by atoms with Gasteiger partial charge in [0.15, 0.2) is 0 Å². The van der Waals surface area contributed by atoms with Crippen LogP contribution >= 0.6 is 15.9 Å². The maximum absolute atomic E-state index is 12.1. The molecule has 0 bridgehead atoms. The average Bonchev–Trinajstić information content (AvgIpc) is 2.52. The number of nitrogens with zero attached hydrogens (tertiary/aromatic N) is 2. The number of hydrogen-bond donors (Lipinski definition) is 1. The Morgan fingerprint density at radius 3 is 2.68 bits per heavy atom. The van der Waals surface area contributed by atoms with E-state index in [-0.39, 0.29) is 12.5 Å². The summed E-state index contributed by atoms with van der Waals surface area (Å²) < 4.78 is 6.70. The molecule has 2 rings (SSSR count). The third-order valence-electron chi connectivity index (χ3n) is 3.86. The number of aliphatic hydroxyl groups is 1. The topological polar surface area (TPSA) is 53.0 Å². The van der Waals surface area contributed by atoms with Crippen LogP contribution in [0.5, 0.6) is 5.75 Å². The lowest BCUT2D eigenvalue weighted by Crippen LogP contribution is -2.49. The summed E-state index contributed by atoms with van der Waals surface area (Å²) in [7, 11) is 0. The van der Waals surface area contributed by atoms with E-state index in [0.717, 1.165) is 42.0 Å². The van der Waals surface area contributed by atoms with Crippen LogP contribution in [0.4, 0.5) is 0 Å². The van der Waals surface area contributed by atoms with Crippen LogP contribution in [-0.4, -0.2) is 66.8 Å². The number of benzene rings is 1. The highest BCUT2D eigenvalue weighted by atomic mass is 79.9. The standard InChI is InChI=1S/C16H23BrN2O3/c1-13-12-14(2-3-15(13)17)22-11-4-16(21)19-7-5-18(6-8-19)9-10-20/h2-3,12,20H,4-11H2,1H3. The monoisotopic (exact) mass is 370 g/mol. The highest BCUT2D eigenvalue weighted by molar-refractivity contribution is 9.10. The highest BCUT2D eigenvalue weighted by Gasteiger charge is 2.20. The number of halogens is 1. The van der Waals surface area contributed by atoms with Gasteiger partial charge in [-0.2, -0.15) is 0 Å². The average molecular weight is 371 g/mol. The van der Waals surface area contributed by atoms with Crippen molar-refractivity contribution in [3.8, 4) is 5.75 Å². The zero-order valence-corrected chi connectivity index (χ0v) is 14.5. The molecule has 1 aliphatic rings. The number of hydrogen-bond acceptors (Lipinski definition) is 4. The second-order valence-corrected chi connectivity index (χ2v) is 6.31. The van der Waals surface area contributed by atoms with Gasteiger partial charge >= 0.3 is 0 Å². The van der Waals surface area contributed by atoms with E-state index in [1.165, 1.54) is 0 Å². The van der Waals surface area contributed by atoms with Gasteiger partial charge in [-0.1, -0.05) is 15.9 Å². The van der Waals surface area contributed by atoms with Crippen molar-refractivity contribution in [3.05, 3.63) is 28.2 Å². The van der Waals surface area contributed by atoms with Crippen LogP contribution in [0.3, 0.4) is 0 Å². The van der Waals surface area contributed by atoms with Crippen LogP contribution < -0.4 is 4.74 Å². The van der Waals surface area contributed by atoms with Crippen LogP contribution in [0, 0.1) is 6.92 Å². The van der Waals surface area contributed by atoms with Gasteiger partial charge in [0.05, 0.1) is 19.6 Å². The summed E-state index contributed by atoms with van der Waals surface area (Å²) >= 11 is 3.45. The minimum absolute atomic E-state index is 0.137. The highest BCUT2D eigenvalue weighted by Crippen LogP contribution is 2.21. The number of aryl methyl sites for hydroxylation is 1. The Morgan fingerprint density at radius 2 is 2.05 bits per heavy atom. The molecule has 6 heteroatoms. The van der Waals surface area contributed by atoms with Crippen molar-refractivity contribution in [1.29, 1.82) is 0 Å². The molecule has 122 valence electrons. The number of amides is 1. The maximum atomic E-state index is 12.1. The first-order valence-electron chi connectivity index (χ1n) is 7.60. The molecule has 0 radical (unpaired) electrons. The number of piperazine rings is 1. The minimum Gasteiger partial charge on any atom is -0.493 e. The zero-order chi connectivity index (χ0) is 15.9. The maximum Gasteiger partial charge on any atom is 0.226 e. The molecule has 0 unspecified atom stereocenters. The van der Waals surface area contributed by atoms with Gasteiger partial charge in [-0.05, 0) is 30.7 Å². The fraction of sp³-hybridized carbons (Fsp3) is 0.562. The lowest BCUT2D eigenvalue weighted by Gasteiger charge is -2.34. The third-order valence-corrected chi connectivity index (χ3v) is 4.75. The fourth-order valence-electron chi connectivity index (χ4n) is 2.48. The van der Waals surface area contributed by atoms with E-state index in [1.54, 1.807) is 0 Å². The molecule has 0 spiro atoms. The molecular weight excluding hydrogens is 348 g/mol. The van der Waals surface area contributed by atoms with Crippen molar-refractivity contribution in [2.24, 2.45) is 0 Å². The SMILES string of the molecule is Cc1cc(OCCC(=O)N2CCN(CCO)CC2)ccc1Br. The molecule has 1 N–H and O–H groups in total. The molecule has 0 aromatic heterocycles. The summed E-state index contributed by atoms with van der Waals surface area (Å²) in [4.78, 5) is 16.2. The quantitative estimate of drug-likeness (QED) is 0.827. The van der Waals surface area contributed by atoms with Gasteiger partial charge in [-0.15, -0.1) is 0 Å². The van der Waals surface area contributed by atoms with Crippen molar-refractivity contribution in [1.82, 2.24) is 9.80 Å². The number of ether oxygens (including phenoxy) is 1. The molecular formula is C16H23BrN2O3. The molecule has 1 aromatic rings. The molecule has 1 aromatic carbocycles. The van der Waals surface area contributed by atoms with Gasteiger partial charge in [0.2, 0.25) is 5.91 Å². The Hall–Kier alpha value is -1.11. The smallest absolute Gasteiger partial charge is 0.226 e. The second-order valence-electron chi connectivity index (χ2n) is 5.46. The fourth-order valence-corrected chi connectivity index (χ4v) is 2.73. The number of aliphatic hydroxyl groups excluding tert-OH is 1. The normalized spacial score (nSPS) is 15.9. The molecule has 1 heterocycles. The third kappa shape index (κ3) is 4.97. The second kappa shape index (κ2) is 8.50. The summed E-state index contributed by atoms with van der Waals surface area (Å²) in [6, 6.07) is 5.81. The number of β-amino-alcohol motifs (C(OH)–C–C–N with tert-alkyl or cyclic N) is 1. The van der Waals surface area contributed by atoms with Gasteiger partial charge in [-0.3, -0.25) is 9.69 Å². The van der Waals surface area contributed by atoms with Crippen molar-refractivity contribution in [2.75, 3.05) is 45.9 Å². The van der Waals surface area contributed by atoms with Gasteiger partial charge in [0, 0.05) is 37.2 Å². The Kier molecular flexibility index (Phi) is 6.67. The molecule has 1 fully saturated rings. The summed E-state index contributed by atoms with van der Waals surface area (Å²) in [5, 5.41) is 8.91. The molecule has 1 saturated heterocycles. The zero-order valence-electron chi connectivity index (χ0n) is 12.9. The Labute approximate surface area is 140 Å². The first kappa shape index (κ1) is 17.2. The summed E-state index contributed by atoms with van der Waals surface area (Å²) in [5.74, 6) is 0.929. The van der Waals surface area contributed by atoms with Crippen LogP contribution in [0.25, 0.3) is 0 Å². The minimum atomic E-state index is 0.137. The Bertz CT molecular complexity index is 502. The first-order chi connectivity index (χ1) is 10.6. The van der Waals surface area contributed by atoms with Crippen molar-refractivity contribution in [2.45, 2.75) is 13.3 Å². The van der Waals surface area contributed by atoms with Crippen LogP contribution in [-0.2, 0) is 4.79 Å². The van der Waals surface area contributed by atoms with Crippen LogP contribution in [0.1, 0.15) is 12.0 Å². The van der Waals surface area contributed by atoms with E-state index in [4.69, 9.17) is 9.84 Å². The van der Waals surface area contributed by atoms with E-state index < -0.39 is 0 Å². The van der Waals surface area contributed by atoms with Gasteiger partial charge in [0.25, 0.3) is 0 Å². The molecule has 22 heavy (non-hydrogen) atoms. The first-order valence-corrected chi connectivity index (χ1v) is 8.39. The summed E-state index contributed by atoms with van der Waals surface area (Å²) in [6.45, 7) is 6.40. The number of carbonyl (C=O) groups is 1.